The highest BCUT2D eigenvalue weighted by molar-refractivity contribution is 7.13. The van der Waals surface area contributed by atoms with Crippen molar-refractivity contribution in [2.75, 3.05) is 31.2 Å². The van der Waals surface area contributed by atoms with Crippen LogP contribution in [-0.2, 0) is 16.1 Å². The molecule has 0 unspecified atom stereocenters. The second-order valence-electron chi connectivity index (χ2n) is 6.41. The van der Waals surface area contributed by atoms with Crippen LogP contribution >= 0.6 is 11.3 Å². The van der Waals surface area contributed by atoms with Crippen LogP contribution in [0.5, 0.6) is 0 Å². The maximum Gasteiger partial charge on any atom is 0.246 e. The first-order valence-corrected chi connectivity index (χ1v) is 9.26. The Hall–Kier alpha value is -1.18. The van der Waals surface area contributed by atoms with Gasteiger partial charge in [-0.25, -0.2) is 4.98 Å². The molecule has 128 valence electrons. The number of nitrogens with zero attached hydrogens (tertiary/aromatic N) is 2. The zero-order valence-electron chi connectivity index (χ0n) is 13.5. The summed E-state index contributed by atoms with van der Waals surface area (Å²) >= 11 is 1.56. The molecular formula is C16H25N3O3S. The Labute approximate surface area is 140 Å². The Morgan fingerprint density at radius 1 is 1.52 bits per heavy atom. The summed E-state index contributed by atoms with van der Waals surface area (Å²) in [6.07, 6.45) is 3.44. The number of thiazole rings is 1. The van der Waals surface area contributed by atoms with Gasteiger partial charge in [0.15, 0.2) is 5.13 Å². The standard InChI is InChI=1S/C16H25N3O3S/c1-2-5-22-9-15(21)18-14-7-19(6-13(14)11-3-4-11)16-17-12(8-20)10-23-16/h10-11,13-14,20H,2-9H2,1H3,(H,18,21)/t13-,14+/m1/s1. The molecule has 1 saturated carbocycles. The van der Waals surface area contributed by atoms with Gasteiger partial charge in [-0.3, -0.25) is 4.79 Å². The first-order chi connectivity index (χ1) is 11.2. The molecular weight excluding hydrogens is 314 g/mol. The molecule has 0 bridgehead atoms. The van der Waals surface area contributed by atoms with E-state index < -0.39 is 0 Å². The number of aromatic nitrogens is 1. The van der Waals surface area contributed by atoms with Crippen LogP contribution in [0.3, 0.4) is 0 Å². The minimum absolute atomic E-state index is 0.0221. The Bertz CT molecular complexity index is 532. The van der Waals surface area contributed by atoms with Gasteiger partial charge in [0.1, 0.15) is 6.61 Å². The Balaban J connectivity index is 1.58. The maximum absolute atomic E-state index is 12.1. The van der Waals surface area contributed by atoms with E-state index in [9.17, 15) is 9.90 Å². The predicted octanol–water partition coefficient (Wildman–Crippen LogP) is 1.39. The second kappa shape index (κ2) is 7.59. The van der Waals surface area contributed by atoms with Gasteiger partial charge in [0.05, 0.1) is 18.3 Å². The van der Waals surface area contributed by atoms with E-state index >= 15 is 0 Å². The zero-order valence-corrected chi connectivity index (χ0v) is 14.3. The number of aliphatic hydroxyl groups excluding tert-OH is 1. The van der Waals surface area contributed by atoms with Gasteiger partial charge in [-0.05, 0) is 25.2 Å². The quantitative estimate of drug-likeness (QED) is 0.700. The first kappa shape index (κ1) is 16.7. The molecule has 23 heavy (non-hydrogen) atoms. The lowest BCUT2D eigenvalue weighted by Gasteiger charge is -2.19. The van der Waals surface area contributed by atoms with E-state index in [-0.39, 0.29) is 25.2 Å². The van der Waals surface area contributed by atoms with Gasteiger partial charge in [0, 0.05) is 31.0 Å². The maximum atomic E-state index is 12.1. The number of rotatable bonds is 8. The molecule has 2 atom stereocenters. The van der Waals surface area contributed by atoms with Crippen LogP contribution in [0.4, 0.5) is 5.13 Å². The molecule has 1 amide bonds. The van der Waals surface area contributed by atoms with E-state index in [4.69, 9.17) is 4.74 Å². The highest BCUT2D eigenvalue weighted by atomic mass is 32.1. The van der Waals surface area contributed by atoms with E-state index in [2.05, 4.69) is 15.2 Å². The van der Waals surface area contributed by atoms with E-state index in [0.717, 1.165) is 30.6 Å². The van der Waals surface area contributed by atoms with Crippen LogP contribution < -0.4 is 10.2 Å². The lowest BCUT2D eigenvalue weighted by Crippen LogP contribution is -2.42. The van der Waals surface area contributed by atoms with E-state index in [1.807, 2.05) is 12.3 Å². The van der Waals surface area contributed by atoms with Gasteiger partial charge in [0.25, 0.3) is 0 Å². The van der Waals surface area contributed by atoms with Crippen molar-refractivity contribution in [1.29, 1.82) is 0 Å². The van der Waals surface area contributed by atoms with Crippen LogP contribution in [-0.4, -0.2) is 48.3 Å². The molecule has 1 aliphatic carbocycles. The molecule has 1 aromatic rings. The van der Waals surface area contributed by atoms with Crippen molar-refractivity contribution in [2.45, 2.75) is 38.8 Å². The molecule has 2 N–H and O–H groups in total. The molecule has 2 heterocycles. The average molecular weight is 339 g/mol. The molecule has 3 rings (SSSR count). The van der Waals surface area contributed by atoms with E-state index in [0.29, 0.717) is 18.2 Å². The van der Waals surface area contributed by atoms with Crippen molar-refractivity contribution in [3.05, 3.63) is 11.1 Å². The van der Waals surface area contributed by atoms with Gasteiger partial charge in [-0.2, -0.15) is 0 Å². The van der Waals surface area contributed by atoms with Crippen molar-refractivity contribution in [1.82, 2.24) is 10.3 Å². The Kier molecular flexibility index (Phi) is 5.50. The molecule has 0 spiro atoms. The summed E-state index contributed by atoms with van der Waals surface area (Å²) in [6, 6.07) is 0.168. The molecule has 1 aliphatic heterocycles. The lowest BCUT2D eigenvalue weighted by atomic mass is 9.98. The summed E-state index contributed by atoms with van der Waals surface area (Å²) in [5, 5.41) is 15.2. The van der Waals surface area contributed by atoms with Crippen LogP contribution in [0.25, 0.3) is 0 Å². The van der Waals surface area contributed by atoms with Crippen LogP contribution in [0, 0.1) is 11.8 Å². The lowest BCUT2D eigenvalue weighted by molar-refractivity contribution is -0.126. The van der Waals surface area contributed by atoms with Crippen molar-refractivity contribution < 1.29 is 14.6 Å². The minimum Gasteiger partial charge on any atom is -0.390 e. The molecule has 0 radical (unpaired) electrons. The number of nitrogens with one attached hydrogen (secondary N) is 1. The first-order valence-electron chi connectivity index (χ1n) is 8.38. The molecule has 7 heteroatoms. The Morgan fingerprint density at radius 3 is 3.00 bits per heavy atom. The molecule has 1 aromatic heterocycles. The second-order valence-corrected chi connectivity index (χ2v) is 7.25. The number of ether oxygens (including phenoxy) is 1. The van der Waals surface area contributed by atoms with Gasteiger partial charge in [0.2, 0.25) is 5.91 Å². The van der Waals surface area contributed by atoms with Gasteiger partial charge < -0.3 is 20.1 Å². The molecule has 2 fully saturated rings. The van der Waals surface area contributed by atoms with Crippen molar-refractivity contribution in [2.24, 2.45) is 11.8 Å². The average Bonchev–Trinajstić information content (AvgIpc) is 3.12. The Morgan fingerprint density at radius 2 is 2.35 bits per heavy atom. The number of carbonyl (C=O) groups is 1. The number of carbonyl (C=O) groups excluding carboxylic acids is 1. The topological polar surface area (TPSA) is 74.7 Å². The summed E-state index contributed by atoms with van der Waals surface area (Å²) < 4.78 is 5.33. The fourth-order valence-corrected chi connectivity index (χ4v) is 4.05. The summed E-state index contributed by atoms with van der Waals surface area (Å²) in [7, 11) is 0. The van der Waals surface area contributed by atoms with E-state index in [1.54, 1.807) is 11.3 Å². The minimum atomic E-state index is -0.0225. The van der Waals surface area contributed by atoms with Crippen molar-refractivity contribution in [3.8, 4) is 0 Å². The van der Waals surface area contributed by atoms with E-state index in [1.165, 1.54) is 12.8 Å². The molecule has 1 saturated heterocycles. The largest absolute Gasteiger partial charge is 0.390 e. The number of aliphatic hydroxyl groups is 1. The third-order valence-electron chi connectivity index (χ3n) is 4.49. The van der Waals surface area contributed by atoms with Crippen molar-refractivity contribution >= 4 is 22.4 Å². The normalized spacial score (nSPS) is 24.2. The number of hydrogen-bond donors (Lipinski definition) is 2. The van der Waals surface area contributed by atoms with Crippen molar-refractivity contribution in [3.63, 3.8) is 0 Å². The number of amides is 1. The number of anilines is 1. The third-order valence-corrected chi connectivity index (χ3v) is 5.44. The summed E-state index contributed by atoms with van der Waals surface area (Å²) in [5.41, 5.74) is 0.716. The zero-order chi connectivity index (χ0) is 16.2. The fraction of sp³-hybridized carbons (Fsp3) is 0.750. The highest BCUT2D eigenvalue weighted by Gasteiger charge is 2.43. The van der Waals surface area contributed by atoms with Gasteiger partial charge in [-0.15, -0.1) is 11.3 Å². The van der Waals surface area contributed by atoms with Crippen LogP contribution in [0.15, 0.2) is 5.38 Å². The fourth-order valence-electron chi connectivity index (χ4n) is 3.21. The monoisotopic (exact) mass is 339 g/mol. The highest BCUT2D eigenvalue weighted by Crippen LogP contribution is 2.42. The third kappa shape index (κ3) is 4.22. The smallest absolute Gasteiger partial charge is 0.246 e. The summed E-state index contributed by atoms with van der Waals surface area (Å²) in [6.45, 7) is 4.51. The SMILES string of the molecule is CCCOCC(=O)N[C@H]1CN(c2nc(CO)cs2)C[C@@H]1C1CC1. The summed E-state index contributed by atoms with van der Waals surface area (Å²) in [4.78, 5) is 18.8. The van der Waals surface area contributed by atoms with Gasteiger partial charge in [-0.1, -0.05) is 6.92 Å². The predicted molar refractivity (Wildman–Crippen MR) is 89.5 cm³/mol. The molecule has 6 nitrogen and oxygen atoms in total. The van der Waals surface area contributed by atoms with Crippen LogP contribution in [0.2, 0.25) is 0 Å². The van der Waals surface area contributed by atoms with Gasteiger partial charge >= 0.3 is 0 Å². The number of hydrogen-bond acceptors (Lipinski definition) is 6. The molecule has 2 aliphatic rings. The molecule has 0 aromatic carbocycles. The van der Waals surface area contributed by atoms with Crippen LogP contribution in [0.1, 0.15) is 31.9 Å². The summed E-state index contributed by atoms with van der Waals surface area (Å²) in [5.74, 6) is 1.19.